The molecule has 0 spiro atoms. The van der Waals surface area contributed by atoms with Gasteiger partial charge in [0.15, 0.2) is 0 Å². The first kappa shape index (κ1) is 15.4. The first-order valence-corrected chi connectivity index (χ1v) is 8.38. The highest BCUT2D eigenvalue weighted by Gasteiger charge is 2.29. The Bertz CT molecular complexity index is 438. The van der Waals surface area contributed by atoms with Gasteiger partial charge in [-0.25, -0.2) is 4.98 Å². The van der Waals surface area contributed by atoms with Crippen LogP contribution in [0.15, 0.2) is 5.38 Å². The molecule has 1 atom stereocenters. The molecule has 1 amide bonds. The van der Waals surface area contributed by atoms with Crippen LogP contribution in [-0.4, -0.2) is 34.9 Å². The molecule has 0 saturated carbocycles. The molecule has 1 aliphatic rings. The van der Waals surface area contributed by atoms with Gasteiger partial charge in [0.05, 0.1) is 23.3 Å². The van der Waals surface area contributed by atoms with Crippen LogP contribution in [0.3, 0.4) is 0 Å². The number of thiazole rings is 1. The molecule has 2 rings (SSSR count). The van der Waals surface area contributed by atoms with Crippen LogP contribution in [0.1, 0.15) is 43.8 Å². The molecule has 0 unspecified atom stereocenters. The number of nitrogens with zero attached hydrogens (tertiary/aromatic N) is 2. The van der Waals surface area contributed by atoms with Crippen molar-refractivity contribution in [1.82, 2.24) is 15.2 Å². The van der Waals surface area contributed by atoms with Gasteiger partial charge in [-0.1, -0.05) is 20.3 Å². The lowest BCUT2D eigenvalue weighted by Crippen LogP contribution is -2.51. The maximum Gasteiger partial charge on any atom is 0.237 e. The van der Waals surface area contributed by atoms with Gasteiger partial charge in [0.2, 0.25) is 5.91 Å². The molecule has 0 bridgehead atoms. The van der Waals surface area contributed by atoms with Gasteiger partial charge in [-0.2, -0.15) is 0 Å². The summed E-state index contributed by atoms with van der Waals surface area (Å²) in [4.78, 5) is 19.2. The normalized spacial score (nSPS) is 18.2. The van der Waals surface area contributed by atoms with E-state index in [1.807, 2.05) is 12.3 Å². The van der Waals surface area contributed by atoms with E-state index in [4.69, 9.17) is 0 Å². The van der Waals surface area contributed by atoms with E-state index in [-0.39, 0.29) is 11.9 Å². The molecular weight excluding hydrogens is 270 g/mol. The quantitative estimate of drug-likeness (QED) is 0.908. The minimum absolute atomic E-state index is 0.00460. The number of hydrogen-bond donors (Lipinski definition) is 1. The second-order valence-corrected chi connectivity index (χ2v) is 6.92. The molecule has 0 aliphatic carbocycles. The molecule has 1 aromatic heterocycles. The zero-order valence-electron chi connectivity index (χ0n) is 12.7. The van der Waals surface area contributed by atoms with E-state index in [1.54, 1.807) is 11.3 Å². The van der Waals surface area contributed by atoms with Gasteiger partial charge in [-0.3, -0.25) is 9.69 Å². The van der Waals surface area contributed by atoms with Gasteiger partial charge in [0.1, 0.15) is 0 Å². The van der Waals surface area contributed by atoms with Crippen molar-refractivity contribution in [2.24, 2.45) is 5.92 Å². The van der Waals surface area contributed by atoms with Crippen molar-refractivity contribution >= 4 is 17.2 Å². The standard InChI is InChI=1S/C15H25N3OS/c1-11(2)14(18-7-5-4-6-8-18)15(19)16-9-13-10-20-12(3)17-13/h10-11,14H,4-9H2,1-3H3,(H,16,19)/t14-/m0/s1. The fourth-order valence-corrected chi connectivity index (χ4v) is 3.47. The lowest BCUT2D eigenvalue weighted by molar-refractivity contribution is -0.128. The predicted octanol–water partition coefficient (Wildman–Crippen LogP) is 2.58. The SMILES string of the molecule is Cc1nc(CNC(=O)[C@H](C(C)C)N2CCCCC2)cs1. The molecule has 0 aromatic carbocycles. The van der Waals surface area contributed by atoms with E-state index in [2.05, 4.69) is 29.0 Å². The van der Waals surface area contributed by atoms with Crippen molar-refractivity contribution in [2.45, 2.75) is 52.6 Å². The van der Waals surface area contributed by atoms with Crippen LogP contribution in [0.2, 0.25) is 0 Å². The third-order valence-electron chi connectivity index (χ3n) is 3.79. The van der Waals surface area contributed by atoms with Crippen molar-refractivity contribution in [2.75, 3.05) is 13.1 Å². The smallest absolute Gasteiger partial charge is 0.237 e. The lowest BCUT2D eigenvalue weighted by atomic mass is 9.98. The van der Waals surface area contributed by atoms with Gasteiger partial charge in [-0.15, -0.1) is 11.3 Å². The fraction of sp³-hybridized carbons (Fsp3) is 0.733. The fourth-order valence-electron chi connectivity index (χ4n) is 2.86. The number of nitrogens with one attached hydrogen (secondary N) is 1. The van der Waals surface area contributed by atoms with Crippen LogP contribution in [0, 0.1) is 12.8 Å². The van der Waals surface area contributed by atoms with Gasteiger partial charge in [0.25, 0.3) is 0 Å². The third-order valence-corrected chi connectivity index (χ3v) is 4.62. The first-order valence-electron chi connectivity index (χ1n) is 7.50. The molecule has 0 radical (unpaired) electrons. The molecule has 5 heteroatoms. The molecule has 1 N–H and O–H groups in total. The summed E-state index contributed by atoms with van der Waals surface area (Å²) in [5, 5.41) is 6.12. The summed E-state index contributed by atoms with van der Waals surface area (Å²) in [5.74, 6) is 0.484. The Morgan fingerprint density at radius 1 is 1.40 bits per heavy atom. The first-order chi connectivity index (χ1) is 9.58. The Balaban J connectivity index is 1.92. The van der Waals surface area contributed by atoms with Gasteiger partial charge >= 0.3 is 0 Å². The average molecular weight is 295 g/mol. The summed E-state index contributed by atoms with van der Waals surface area (Å²) in [6.07, 6.45) is 3.71. The molecule has 1 aromatic rings. The van der Waals surface area contributed by atoms with E-state index in [0.717, 1.165) is 23.8 Å². The molecule has 1 aliphatic heterocycles. The van der Waals surface area contributed by atoms with E-state index in [1.165, 1.54) is 19.3 Å². The maximum absolute atomic E-state index is 12.5. The highest BCUT2D eigenvalue weighted by molar-refractivity contribution is 7.09. The summed E-state index contributed by atoms with van der Waals surface area (Å²) in [7, 11) is 0. The zero-order chi connectivity index (χ0) is 14.5. The minimum atomic E-state index is -0.00460. The highest BCUT2D eigenvalue weighted by atomic mass is 32.1. The van der Waals surface area contributed by atoms with Crippen LogP contribution in [0.4, 0.5) is 0 Å². The second kappa shape index (κ2) is 7.18. The van der Waals surface area contributed by atoms with Crippen molar-refractivity contribution in [1.29, 1.82) is 0 Å². The number of hydrogen-bond acceptors (Lipinski definition) is 4. The molecule has 4 nitrogen and oxygen atoms in total. The number of aromatic nitrogens is 1. The molecule has 20 heavy (non-hydrogen) atoms. The van der Waals surface area contributed by atoms with Gasteiger partial charge in [-0.05, 0) is 38.8 Å². The maximum atomic E-state index is 12.5. The van der Waals surface area contributed by atoms with Crippen LogP contribution < -0.4 is 5.32 Å². The number of aryl methyl sites for hydroxylation is 1. The van der Waals surface area contributed by atoms with Crippen molar-refractivity contribution < 1.29 is 4.79 Å². The second-order valence-electron chi connectivity index (χ2n) is 5.86. The largest absolute Gasteiger partial charge is 0.349 e. The molecule has 2 heterocycles. The van der Waals surface area contributed by atoms with Crippen LogP contribution in [0.5, 0.6) is 0 Å². The number of piperidine rings is 1. The third kappa shape index (κ3) is 4.03. The number of amides is 1. The summed E-state index contributed by atoms with van der Waals surface area (Å²) in [6.45, 7) is 8.89. The number of rotatable bonds is 5. The Labute approximate surface area is 125 Å². The van der Waals surface area contributed by atoms with Crippen molar-refractivity contribution in [3.8, 4) is 0 Å². The molecule has 112 valence electrons. The summed E-state index contributed by atoms with van der Waals surface area (Å²) in [5.41, 5.74) is 0.960. The van der Waals surface area contributed by atoms with E-state index in [9.17, 15) is 4.79 Å². The molecule has 1 saturated heterocycles. The Kier molecular flexibility index (Phi) is 5.54. The van der Waals surface area contributed by atoms with Crippen LogP contribution in [-0.2, 0) is 11.3 Å². The topological polar surface area (TPSA) is 45.2 Å². The average Bonchev–Trinajstić information content (AvgIpc) is 2.83. The monoisotopic (exact) mass is 295 g/mol. The van der Waals surface area contributed by atoms with Gasteiger partial charge in [0, 0.05) is 5.38 Å². The van der Waals surface area contributed by atoms with E-state index >= 15 is 0 Å². The molecule has 1 fully saturated rings. The predicted molar refractivity (Wildman–Crippen MR) is 82.7 cm³/mol. The number of likely N-dealkylation sites (tertiary alicyclic amines) is 1. The number of carbonyl (C=O) groups is 1. The Morgan fingerprint density at radius 2 is 2.10 bits per heavy atom. The Morgan fingerprint density at radius 3 is 2.65 bits per heavy atom. The van der Waals surface area contributed by atoms with E-state index in [0.29, 0.717) is 12.5 Å². The summed E-state index contributed by atoms with van der Waals surface area (Å²) in [6, 6.07) is -0.00460. The summed E-state index contributed by atoms with van der Waals surface area (Å²) < 4.78 is 0. The minimum Gasteiger partial charge on any atom is -0.349 e. The zero-order valence-corrected chi connectivity index (χ0v) is 13.5. The van der Waals surface area contributed by atoms with Crippen molar-refractivity contribution in [3.63, 3.8) is 0 Å². The summed E-state index contributed by atoms with van der Waals surface area (Å²) >= 11 is 1.63. The van der Waals surface area contributed by atoms with Crippen LogP contribution in [0.25, 0.3) is 0 Å². The number of carbonyl (C=O) groups excluding carboxylic acids is 1. The highest BCUT2D eigenvalue weighted by Crippen LogP contribution is 2.18. The van der Waals surface area contributed by atoms with Gasteiger partial charge < -0.3 is 5.32 Å². The van der Waals surface area contributed by atoms with Crippen molar-refractivity contribution in [3.05, 3.63) is 16.1 Å². The lowest BCUT2D eigenvalue weighted by Gasteiger charge is -2.35. The molecular formula is C15H25N3OS. The Hall–Kier alpha value is -0.940. The van der Waals surface area contributed by atoms with E-state index < -0.39 is 0 Å². The van der Waals surface area contributed by atoms with Crippen LogP contribution >= 0.6 is 11.3 Å².